The van der Waals surface area contributed by atoms with Gasteiger partial charge in [-0.15, -0.1) is 0 Å². The van der Waals surface area contributed by atoms with Crippen molar-refractivity contribution >= 4 is 27.7 Å². The largest absolute Gasteiger partial charge is 0.486 e. The summed E-state index contributed by atoms with van der Waals surface area (Å²) in [6, 6.07) is 9.08. The number of esters is 1. The number of carbonyl (C=O) groups excluding carboxylic acids is 2. The molecule has 2 aromatic rings. The van der Waals surface area contributed by atoms with Crippen LogP contribution in [0.3, 0.4) is 0 Å². The van der Waals surface area contributed by atoms with Crippen LogP contribution < -0.4 is 9.47 Å². The highest BCUT2D eigenvalue weighted by atomic mass is 79.9. The summed E-state index contributed by atoms with van der Waals surface area (Å²) in [5.74, 6) is 0.0916. The predicted molar refractivity (Wildman–Crippen MR) is 94.9 cm³/mol. The van der Waals surface area contributed by atoms with Crippen molar-refractivity contribution in [1.29, 1.82) is 0 Å². The van der Waals surface area contributed by atoms with Crippen LogP contribution in [-0.4, -0.2) is 25.0 Å². The van der Waals surface area contributed by atoms with E-state index in [0.29, 0.717) is 40.3 Å². The molecular formula is C19H16BrFO5. The molecule has 0 saturated heterocycles. The van der Waals surface area contributed by atoms with Crippen molar-refractivity contribution < 1.29 is 28.2 Å². The highest BCUT2D eigenvalue weighted by molar-refractivity contribution is 9.10. The number of halogens is 2. The number of benzene rings is 2. The van der Waals surface area contributed by atoms with Gasteiger partial charge in [0.1, 0.15) is 25.6 Å². The monoisotopic (exact) mass is 422 g/mol. The molecular weight excluding hydrogens is 407 g/mol. The molecule has 0 radical (unpaired) electrons. The van der Waals surface area contributed by atoms with E-state index in [1.165, 1.54) is 18.2 Å². The average Bonchev–Trinajstić information content (AvgIpc) is 2.65. The Labute approximate surface area is 158 Å². The lowest BCUT2D eigenvalue weighted by atomic mass is 10.1. The van der Waals surface area contributed by atoms with Gasteiger partial charge in [-0.25, -0.2) is 4.39 Å². The van der Waals surface area contributed by atoms with Crippen LogP contribution in [0.1, 0.15) is 28.8 Å². The summed E-state index contributed by atoms with van der Waals surface area (Å²) in [5.41, 5.74) is 1.11. The molecule has 136 valence electrons. The van der Waals surface area contributed by atoms with Crippen molar-refractivity contribution in [2.45, 2.75) is 19.4 Å². The van der Waals surface area contributed by atoms with E-state index in [9.17, 15) is 14.0 Å². The zero-order chi connectivity index (χ0) is 18.5. The maximum atomic E-state index is 13.0. The molecule has 0 spiro atoms. The van der Waals surface area contributed by atoms with E-state index in [-0.39, 0.29) is 31.0 Å². The molecule has 0 aromatic heterocycles. The van der Waals surface area contributed by atoms with Crippen molar-refractivity contribution in [2.24, 2.45) is 0 Å². The van der Waals surface area contributed by atoms with Crippen molar-refractivity contribution in [2.75, 3.05) is 13.2 Å². The van der Waals surface area contributed by atoms with E-state index in [1.54, 1.807) is 18.2 Å². The van der Waals surface area contributed by atoms with E-state index in [1.807, 2.05) is 0 Å². The van der Waals surface area contributed by atoms with E-state index >= 15 is 0 Å². The van der Waals surface area contributed by atoms with Crippen LogP contribution in [0.15, 0.2) is 40.9 Å². The molecule has 1 aliphatic rings. The Morgan fingerprint density at radius 3 is 2.58 bits per heavy atom. The Morgan fingerprint density at radius 1 is 1.04 bits per heavy atom. The molecule has 0 unspecified atom stereocenters. The zero-order valence-corrected chi connectivity index (χ0v) is 15.4. The molecule has 0 N–H and O–H groups in total. The van der Waals surface area contributed by atoms with Crippen molar-refractivity contribution in [3.05, 3.63) is 57.8 Å². The third kappa shape index (κ3) is 4.60. The fraction of sp³-hybridized carbons (Fsp3) is 0.263. The van der Waals surface area contributed by atoms with E-state index in [2.05, 4.69) is 15.9 Å². The number of carbonyl (C=O) groups is 2. The number of hydrogen-bond acceptors (Lipinski definition) is 5. The van der Waals surface area contributed by atoms with E-state index in [0.717, 1.165) is 0 Å². The Bertz CT molecular complexity index is 837. The molecule has 5 nitrogen and oxygen atoms in total. The van der Waals surface area contributed by atoms with Gasteiger partial charge in [0.05, 0.1) is 6.42 Å². The molecule has 3 rings (SSSR count). The zero-order valence-electron chi connectivity index (χ0n) is 13.8. The van der Waals surface area contributed by atoms with Gasteiger partial charge in [0.15, 0.2) is 17.3 Å². The lowest BCUT2D eigenvalue weighted by molar-refractivity contribution is -0.144. The topological polar surface area (TPSA) is 61.8 Å². The fourth-order valence-corrected chi connectivity index (χ4v) is 2.91. The highest BCUT2D eigenvalue weighted by Gasteiger charge is 2.16. The van der Waals surface area contributed by atoms with E-state index in [4.69, 9.17) is 14.2 Å². The summed E-state index contributed by atoms with van der Waals surface area (Å²) < 4.78 is 29.6. The van der Waals surface area contributed by atoms with Crippen LogP contribution >= 0.6 is 15.9 Å². The second-order valence-electron chi connectivity index (χ2n) is 5.68. The minimum atomic E-state index is -0.493. The van der Waals surface area contributed by atoms with Gasteiger partial charge in [-0.1, -0.05) is 22.0 Å². The maximum absolute atomic E-state index is 13.0. The summed E-state index contributed by atoms with van der Waals surface area (Å²) >= 11 is 3.21. The van der Waals surface area contributed by atoms with Crippen molar-refractivity contribution in [1.82, 2.24) is 0 Å². The molecule has 0 amide bonds. The molecule has 0 atom stereocenters. The second-order valence-corrected chi connectivity index (χ2v) is 6.53. The first-order chi connectivity index (χ1) is 12.5. The second kappa shape index (κ2) is 8.31. The first-order valence-electron chi connectivity index (χ1n) is 8.05. The lowest BCUT2D eigenvalue weighted by Crippen LogP contribution is -2.16. The number of ether oxygens (including phenoxy) is 3. The van der Waals surface area contributed by atoms with Crippen LogP contribution in [0.25, 0.3) is 0 Å². The van der Waals surface area contributed by atoms with Crippen LogP contribution in [0.5, 0.6) is 11.5 Å². The number of ketones is 1. The summed E-state index contributed by atoms with van der Waals surface area (Å²) in [5, 5.41) is 0. The van der Waals surface area contributed by atoms with Gasteiger partial charge in [-0.2, -0.15) is 0 Å². The summed E-state index contributed by atoms with van der Waals surface area (Å²) in [7, 11) is 0. The minimum Gasteiger partial charge on any atom is -0.486 e. The van der Waals surface area contributed by atoms with Gasteiger partial charge in [0.25, 0.3) is 0 Å². The smallest absolute Gasteiger partial charge is 0.306 e. The first-order valence-corrected chi connectivity index (χ1v) is 8.84. The van der Waals surface area contributed by atoms with Crippen molar-refractivity contribution in [3.8, 4) is 11.5 Å². The van der Waals surface area contributed by atoms with Crippen LogP contribution in [0, 0.1) is 5.82 Å². The number of Topliss-reactive ketones (excluding diaryl/α,β-unsaturated/α-hetero) is 1. The maximum Gasteiger partial charge on any atom is 0.306 e. The Morgan fingerprint density at radius 2 is 1.81 bits per heavy atom. The van der Waals surface area contributed by atoms with Gasteiger partial charge in [0, 0.05) is 22.0 Å². The summed E-state index contributed by atoms with van der Waals surface area (Å²) in [6.07, 6.45) is -0.00481. The molecule has 0 aliphatic carbocycles. The fourth-order valence-electron chi connectivity index (χ4n) is 2.45. The molecule has 7 heteroatoms. The number of rotatable bonds is 6. The molecule has 0 fully saturated rings. The van der Waals surface area contributed by atoms with Gasteiger partial charge in [-0.05, 0) is 30.3 Å². The minimum absolute atomic E-state index is 0.0118. The lowest BCUT2D eigenvalue weighted by Gasteiger charge is -2.18. The molecule has 26 heavy (non-hydrogen) atoms. The standard InChI is InChI=1S/C19H16BrFO5/c20-15-10-14(21)3-1-13(15)11-26-19(23)6-4-16(22)12-2-5-17-18(9-12)25-8-7-24-17/h1-3,5,9-10H,4,6-8,11H2. The average molecular weight is 423 g/mol. The van der Waals surface area contributed by atoms with Gasteiger partial charge in [0.2, 0.25) is 0 Å². The van der Waals surface area contributed by atoms with E-state index < -0.39 is 5.97 Å². The Balaban J connectivity index is 1.50. The SMILES string of the molecule is O=C(CCC(=O)c1ccc2c(c1)OCCO2)OCc1ccc(F)cc1Br. The first kappa shape index (κ1) is 18.4. The van der Waals surface area contributed by atoms with Crippen LogP contribution in [0.4, 0.5) is 4.39 Å². The normalized spacial score (nSPS) is 12.5. The Kier molecular flexibility index (Phi) is 5.88. The molecule has 1 heterocycles. The van der Waals surface area contributed by atoms with Gasteiger partial charge < -0.3 is 14.2 Å². The molecule has 1 aliphatic heterocycles. The van der Waals surface area contributed by atoms with Gasteiger partial charge in [-0.3, -0.25) is 9.59 Å². The van der Waals surface area contributed by atoms with Crippen molar-refractivity contribution in [3.63, 3.8) is 0 Å². The van der Waals surface area contributed by atoms with Gasteiger partial charge >= 0.3 is 5.97 Å². The molecule has 0 saturated carbocycles. The predicted octanol–water partition coefficient (Wildman–Crippen LogP) is 4.07. The number of hydrogen-bond donors (Lipinski definition) is 0. The summed E-state index contributed by atoms with van der Waals surface area (Å²) in [6.45, 7) is 0.935. The third-order valence-electron chi connectivity index (χ3n) is 3.82. The molecule has 2 aromatic carbocycles. The quantitative estimate of drug-likeness (QED) is 0.518. The summed E-state index contributed by atoms with van der Waals surface area (Å²) in [4.78, 5) is 24.1. The Hall–Kier alpha value is -2.41. The number of fused-ring (bicyclic) bond motifs is 1. The third-order valence-corrected chi connectivity index (χ3v) is 4.56. The molecule has 0 bridgehead atoms. The van der Waals surface area contributed by atoms with Crippen LogP contribution in [0.2, 0.25) is 0 Å². The highest BCUT2D eigenvalue weighted by Crippen LogP contribution is 2.31. The van der Waals surface area contributed by atoms with Crippen LogP contribution in [-0.2, 0) is 16.1 Å².